The summed E-state index contributed by atoms with van der Waals surface area (Å²) in [4.78, 5) is 33.5. The SMILES string of the molecule is Cc1[nH]c(/C=C2\C(=O)Nc3ccc(F)cc32)c(C)c1C(=O)N1CC[C@H](N2CCOCC2)C1. The van der Waals surface area contributed by atoms with Crippen molar-refractivity contribution in [3.05, 3.63) is 52.1 Å². The Kier molecular flexibility index (Phi) is 5.35. The number of hydrogen-bond donors (Lipinski definition) is 2. The highest BCUT2D eigenvalue weighted by Gasteiger charge is 2.33. The van der Waals surface area contributed by atoms with E-state index in [1.54, 1.807) is 12.1 Å². The molecule has 32 heavy (non-hydrogen) atoms. The first-order valence-corrected chi connectivity index (χ1v) is 11.1. The number of likely N-dealkylation sites (tertiary alicyclic amines) is 1. The summed E-state index contributed by atoms with van der Waals surface area (Å²) in [5, 5.41) is 2.76. The van der Waals surface area contributed by atoms with E-state index in [0.29, 0.717) is 40.7 Å². The molecule has 8 heteroatoms. The number of nitrogens with one attached hydrogen (secondary N) is 2. The lowest BCUT2D eigenvalue weighted by Gasteiger charge is -2.32. The van der Waals surface area contributed by atoms with Crippen LogP contribution in [0.4, 0.5) is 10.1 Å². The van der Waals surface area contributed by atoms with Gasteiger partial charge in [0.1, 0.15) is 5.82 Å². The molecule has 0 radical (unpaired) electrons. The molecule has 7 nitrogen and oxygen atoms in total. The van der Waals surface area contributed by atoms with Gasteiger partial charge in [-0.15, -0.1) is 0 Å². The molecule has 0 aliphatic carbocycles. The average molecular weight is 439 g/mol. The van der Waals surface area contributed by atoms with Gasteiger partial charge < -0.3 is 19.9 Å². The molecule has 1 atom stereocenters. The predicted molar refractivity (Wildman–Crippen MR) is 120 cm³/mol. The number of aromatic nitrogens is 1. The number of hydrogen-bond acceptors (Lipinski definition) is 4. The second-order valence-corrected chi connectivity index (χ2v) is 8.71. The number of ether oxygens (including phenoxy) is 1. The van der Waals surface area contributed by atoms with E-state index in [9.17, 15) is 14.0 Å². The fourth-order valence-electron chi connectivity index (χ4n) is 5.01. The highest BCUT2D eigenvalue weighted by atomic mass is 19.1. The lowest BCUT2D eigenvalue weighted by molar-refractivity contribution is -0.110. The minimum Gasteiger partial charge on any atom is -0.379 e. The maximum atomic E-state index is 13.8. The Morgan fingerprint density at radius 3 is 2.78 bits per heavy atom. The van der Waals surface area contributed by atoms with Crippen LogP contribution in [0.3, 0.4) is 0 Å². The van der Waals surface area contributed by atoms with Crippen LogP contribution in [0.2, 0.25) is 0 Å². The highest BCUT2D eigenvalue weighted by Crippen LogP contribution is 2.34. The van der Waals surface area contributed by atoms with Crippen LogP contribution < -0.4 is 5.32 Å². The van der Waals surface area contributed by atoms with E-state index in [2.05, 4.69) is 15.2 Å². The van der Waals surface area contributed by atoms with Gasteiger partial charge in [0.05, 0.1) is 24.4 Å². The first-order valence-electron chi connectivity index (χ1n) is 11.1. The summed E-state index contributed by atoms with van der Waals surface area (Å²) >= 11 is 0. The van der Waals surface area contributed by atoms with Crippen LogP contribution in [0.5, 0.6) is 0 Å². The molecule has 0 spiro atoms. The molecule has 1 aromatic carbocycles. The molecule has 168 valence electrons. The Morgan fingerprint density at radius 2 is 2.00 bits per heavy atom. The van der Waals surface area contributed by atoms with Gasteiger partial charge in [0.15, 0.2) is 0 Å². The van der Waals surface area contributed by atoms with E-state index in [-0.39, 0.29) is 11.8 Å². The standard InChI is InChI=1S/C24H27FN4O3/c1-14-21(12-19-18-11-16(25)3-4-20(18)27-23(19)30)26-15(2)22(14)24(31)29-6-5-17(13-29)28-7-9-32-10-8-28/h3-4,11-12,17,26H,5-10,13H2,1-2H3,(H,27,30)/b19-12-/t17-/m0/s1. The molecule has 3 aliphatic rings. The average Bonchev–Trinajstić information content (AvgIpc) is 3.46. The van der Waals surface area contributed by atoms with E-state index < -0.39 is 5.82 Å². The number of fused-ring (bicyclic) bond motifs is 1. The van der Waals surface area contributed by atoms with Gasteiger partial charge in [0.25, 0.3) is 11.8 Å². The van der Waals surface area contributed by atoms with Crippen molar-refractivity contribution in [1.29, 1.82) is 0 Å². The minimum atomic E-state index is -0.398. The molecule has 4 heterocycles. The Hall–Kier alpha value is -2.97. The zero-order valence-electron chi connectivity index (χ0n) is 18.3. The third-order valence-electron chi connectivity index (χ3n) is 6.76. The molecule has 2 fully saturated rings. The number of rotatable bonds is 3. The quantitative estimate of drug-likeness (QED) is 0.723. The van der Waals surface area contributed by atoms with Gasteiger partial charge >= 0.3 is 0 Å². The first kappa shape index (κ1) is 20.9. The zero-order chi connectivity index (χ0) is 22.4. The van der Waals surface area contributed by atoms with Crippen LogP contribution in [-0.4, -0.2) is 72.0 Å². The zero-order valence-corrected chi connectivity index (χ0v) is 18.3. The van der Waals surface area contributed by atoms with Crippen molar-refractivity contribution in [3.63, 3.8) is 0 Å². The van der Waals surface area contributed by atoms with Crippen molar-refractivity contribution in [2.45, 2.75) is 26.3 Å². The summed E-state index contributed by atoms with van der Waals surface area (Å²) in [5.41, 5.74) is 4.42. The summed E-state index contributed by atoms with van der Waals surface area (Å²) in [6, 6.07) is 4.61. The maximum absolute atomic E-state index is 13.8. The molecule has 2 amide bonds. The second-order valence-electron chi connectivity index (χ2n) is 8.71. The number of H-pyrrole nitrogens is 1. The number of nitrogens with zero attached hydrogens (tertiary/aromatic N) is 2. The fraction of sp³-hybridized carbons (Fsp3) is 0.417. The molecule has 0 bridgehead atoms. The number of morpholine rings is 1. The van der Waals surface area contributed by atoms with E-state index in [1.165, 1.54) is 12.1 Å². The maximum Gasteiger partial charge on any atom is 0.256 e. The Labute approximate surface area is 186 Å². The van der Waals surface area contributed by atoms with Crippen molar-refractivity contribution in [1.82, 2.24) is 14.8 Å². The van der Waals surface area contributed by atoms with Crippen molar-refractivity contribution in [3.8, 4) is 0 Å². The lowest BCUT2D eigenvalue weighted by atomic mass is 10.0. The number of aromatic amines is 1. The van der Waals surface area contributed by atoms with E-state index in [1.807, 2.05) is 18.7 Å². The summed E-state index contributed by atoms with van der Waals surface area (Å²) in [6.45, 7) is 8.54. The third kappa shape index (κ3) is 3.63. The molecule has 0 unspecified atom stereocenters. The van der Waals surface area contributed by atoms with Crippen molar-refractivity contribution < 1.29 is 18.7 Å². The number of benzene rings is 1. The molecule has 5 rings (SSSR count). The van der Waals surface area contributed by atoms with Gasteiger partial charge in [0, 0.05) is 54.9 Å². The van der Waals surface area contributed by atoms with Crippen LogP contribution >= 0.6 is 0 Å². The van der Waals surface area contributed by atoms with Gasteiger partial charge in [-0.05, 0) is 50.1 Å². The van der Waals surface area contributed by atoms with E-state index in [4.69, 9.17) is 4.74 Å². The smallest absolute Gasteiger partial charge is 0.256 e. The summed E-state index contributed by atoms with van der Waals surface area (Å²) in [5.74, 6) is -0.665. The van der Waals surface area contributed by atoms with Crippen molar-refractivity contribution >= 4 is 29.2 Å². The Morgan fingerprint density at radius 1 is 1.22 bits per heavy atom. The monoisotopic (exact) mass is 438 g/mol. The fourth-order valence-corrected chi connectivity index (χ4v) is 5.01. The predicted octanol–water partition coefficient (Wildman–Crippen LogP) is 2.81. The first-order chi connectivity index (χ1) is 15.4. The number of anilines is 1. The molecule has 2 aromatic rings. The van der Waals surface area contributed by atoms with Crippen LogP contribution in [0.15, 0.2) is 18.2 Å². The number of carbonyl (C=O) groups excluding carboxylic acids is 2. The van der Waals surface area contributed by atoms with Crippen LogP contribution in [-0.2, 0) is 9.53 Å². The minimum absolute atomic E-state index is 0.0129. The second kappa shape index (κ2) is 8.18. The summed E-state index contributed by atoms with van der Waals surface area (Å²) < 4.78 is 19.2. The van der Waals surface area contributed by atoms with Crippen molar-refractivity contribution in [2.75, 3.05) is 44.7 Å². The van der Waals surface area contributed by atoms with Crippen LogP contribution in [0.25, 0.3) is 11.6 Å². The van der Waals surface area contributed by atoms with E-state index >= 15 is 0 Å². The number of amides is 2. The number of halogens is 1. The highest BCUT2D eigenvalue weighted by molar-refractivity contribution is 6.34. The van der Waals surface area contributed by atoms with Gasteiger partial charge in [-0.2, -0.15) is 0 Å². The molecular formula is C24H27FN4O3. The van der Waals surface area contributed by atoms with Gasteiger partial charge in [-0.1, -0.05) is 0 Å². The molecule has 3 aliphatic heterocycles. The van der Waals surface area contributed by atoms with Crippen molar-refractivity contribution in [2.24, 2.45) is 0 Å². The molecule has 2 saturated heterocycles. The Balaban J connectivity index is 1.39. The van der Waals surface area contributed by atoms with Gasteiger partial charge in [-0.25, -0.2) is 4.39 Å². The van der Waals surface area contributed by atoms with Gasteiger partial charge in [0.2, 0.25) is 0 Å². The number of carbonyl (C=O) groups is 2. The summed E-state index contributed by atoms with van der Waals surface area (Å²) in [6.07, 6.45) is 2.67. The largest absolute Gasteiger partial charge is 0.379 e. The lowest BCUT2D eigenvalue weighted by Crippen LogP contribution is -2.45. The number of aryl methyl sites for hydroxylation is 1. The van der Waals surface area contributed by atoms with Crippen LogP contribution in [0, 0.1) is 19.7 Å². The topological polar surface area (TPSA) is 77.7 Å². The Bertz CT molecular complexity index is 1120. The van der Waals surface area contributed by atoms with Gasteiger partial charge in [-0.3, -0.25) is 14.5 Å². The molecule has 0 saturated carbocycles. The summed E-state index contributed by atoms with van der Waals surface area (Å²) in [7, 11) is 0. The van der Waals surface area contributed by atoms with E-state index in [0.717, 1.165) is 50.5 Å². The molecular weight excluding hydrogens is 411 g/mol. The third-order valence-corrected chi connectivity index (χ3v) is 6.76. The molecule has 1 aromatic heterocycles. The van der Waals surface area contributed by atoms with Crippen LogP contribution in [0.1, 0.15) is 39.3 Å². The normalized spacial score (nSPS) is 22.5. The molecule has 2 N–H and O–H groups in total.